The number of nitrogens with two attached hydrogens (primary N) is 1. The summed E-state index contributed by atoms with van der Waals surface area (Å²) in [5.74, 6) is 8.03. The van der Waals surface area contributed by atoms with Gasteiger partial charge in [-0.1, -0.05) is 20.8 Å². The van der Waals surface area contributed by atoms with E-state index in [0.717, 1.165) is 17.2 Å². The third-order valence-corrected chi connectivity index (χ3v) is 3.94. The summed E-state index contributed by atoms with van der Waals surface area (Å²) in [6.45, 7) is 8.18. The van der Waals surface area contributed by atoms with Crippen LogP contribution in [0.1, 0.15) is 49.7 Å². The summed E-state index contributed by atoms with van der Waals surface area (Å²) in [5.41, 5.74) is 3.95. The molecule has 0 aromatic carbocycles. The molecule has 1 amide bonds. The van der Waals surface area contributed by atoms with Crippen LogP contribution in [-0.2, 0) is 0 Å². The molecule has 0 aliphatic rings. The van der Waals surface area contributed by atoms with Crippen molar-refractivity contribution in [1.82, 2.24) is 10.3 Å². The lowest BCUT2D eigenvalue weighted by molar-refractivity contribution is 0.0943. The zero-order chi connectivity index (χ0) is 15.1. The Morgan fingerprint density at radius 1 is 1.40 bits per heavy atom. The number of carbonyl (C=O) groups is 1. The number of nitrogens with zero attached hydrogens (tertiary/aromatic N) is 1. The number of nitrogens with one attached hydrogen (secondary N) is 2. The number of anilines is 1. The minimum atomic E-state index is -0.0880. The number of thioether (sulfide) groups is 1. The van der Waals surface area contributed by atoms with Gasteiger partial charge in [-0.2, -0.15) is 11.8 Å². The van der Waals surface area contributed by atoms with Gasteiger partial charge in [-0.05, 0) is 30.7 Å². The van der Waals surface area contributed by atoms with Gasteiger partial charge in [0.05, 0.1) is 0 Å². The van der Waals surface area contributed by atoms with Crippen LogP contribution in [0.4, 0.5) is 5.82 Å². The maximum atomic E-state index is 12.2. The highest BCUT2D eigenvalue weighted by atomic mass is 32.2. The SMILES string of the molecule is CCSCC(C)NC(=O)c1cc(NN)nc(C(C)C)c1. The molecule has 4 N–H and O–H groups in total. The van der Waals surface area contributed by atoms with Crippen LogP contribution in [-0.4, -0.2) is 28.4 Å². The van der Waals surface area contributed by atoms with E-state index in [1.807, 2.05) is 38.6 Å². The first-order valence-electron chi connectivity index (χ1n) is 6.85. The fourth-order valence-corrected chi connectivity index (χ4v) is 2.37. The highest BCUT2D eigenvalue weighted by Gasteiger charge is 2.13. The van der Waals surface area contributed by atoms with Gasteiger partial charge in [0.1, 0.15) is 5.82 Å². The fourth-order valence-electron chi connectivity index (χ4n) is 1.70. The lowest BCUT2D eigenvalue weighted by Gasteiger charge is -2.15. The van der Waals surface area contributed by atoms with Crippen LogP contribution in [0.3, 0.4) is 0 Å². The Morgan fingerprint density at radius 2 is 2.10 bits per heavy atom. The smallest absolute Gasteiger partial charge is 0.251 e. The number of hydrogen-bond donors (Lipinski definition) is 3. The first-order chi connectivity index (χ1) is 9.47. The van der Waals surface area contributed by atoms with Crippen LogP contribution >= 0.6 is 11.8 Å². The first-order valence-corrected chi connectivity index (χ1v) is 8.00. The van der Waals surface area contributed by atoms with Gasteiger partial charge in [0.15, 0.2) is 0 Å². The molecule has 0 aliphatic heterocycles. The monoisotopic (exact) mass is 296 g/mol. The molecule has 0 aliphatic carbocycles. The van der Waals surface area contributed by atoms with E-state index in [2.05, 4.69) is 22.7 Å². The fraction of sp³-hybridized carbons (Fsp3) is 0.571. The van der Waals surface area contributed by atoms with Gasteiger partial charge in [-0.15, -0.1) is 0 Å². The van der Waals surface area contributed by atoms with Gasteiger partial charge in [0.2, 0.25) is 0 Å². The molecule has 0 radical (unpaired) electrons. The van der Waals surface area contributed by atoms with Gasteiger partial charge in [-0.25, -0.2) is 10.8 Å². The first kappa shape index (κ1) is 16.8. The quantitative estimate of drug-likeness (QED) is 0.532. The van der Waals surface area contributed by atoms with Gasteiger partial charge < -0.3 is 10.7 Å². The van der Waals surface area contributed by atoms with E-state index in [0.29, 0.717) is 11.4 Å². The Kier molecular flexibility index (Phi) is 6.81. The lowest BCUT2D eigenvalue weighted by Crippen LogP contribution is -2.34. The van der Waals surface area contributed by atoms with Crippen molar-refractivity contribution in [3.05, 3.63) is 23.4 Å². The molecule has 1 atom stereocenters. The van der Waals surface area contributed by atoms with E-state index < -0.39 is 0 Å². The van der Waals surface area contributed by atoms with Crippen LogP contribution < -0.4 is 16.6 Å². The predicted molar refractivity (Wildman–Crippen MR) is 86.1 cm³/mol. The highest BCUT2D eigenvalue weighted by Crippen LogP contribution is 2.17. The van der Waals surface area contributed by atoms with E-state index >= 15 is 0 Å². The molecule has 1 heterocycles. The number of pyridine rings is 1. The molecule has 1 unspecified atom stereocenters. The number of amides is 1. The van der Waals surface area contributed by atoms with Crippen molar-refractivity contribution in [3.8, 4) is 0 Å². The van der Waals surface area contributed by atoms with Crippen LogP contribution in [0.2, 0.25) is 0 Å². The molecule has 0 bridgehead atoms. The zero-order valence-corrected chi connectivity index (χ0v) is 13.4. The second kappa shape index (κ2) is 8.11. The summed E-state index contributed by atoms with van der Waals surface area (Å²) in [6, 6.07) is 3.62. The minimum absolute atomic E-state index is 0.0880. The molecule has 0 saturated carbocycles. The maximum Gasteiger partial charge on any atom is 0.251 e. The largest absolute Gasteiger partial charge is 0.349 e. The maximum absolute atomic E-state index is 12.2. The standard InChI is InChI=1S/C14H24N4OS/c1-5-20-8-10(4)16-14(19)11-6-12(9(2)3)17-13(7-11)18-15/h6-7,9-10H,5,8,15H2,1-4H3,(H,16,19)(H,17,18). The Hall–Kier alpha value is -1.27. The summed E-state index contributed by atoms with van der Waals surface area (Å²) in [6.07, 6.45) is 0. The van der Waals surface area contributed by atoms with Crippen molar-refractivity contribution < 1.29 is 4.79 Å². The molecular weight excluding hydrogens is 272 g/mol. The normalized spacial score (nSPS) is 12.3. The number of nitrogen functional groups attached to an aromatic ring is 1. The summed E-state index contributed by atoms with van der Waals surface area (Å²) in [4.78, 5) is 16.6. The summed E-state index contributed by atoms with van der Waals surface area (Å²) in [5, 5.41) is 2.99. The Balaban J connectivity index is 2.83. The number of hydrogen-bond acceptors (Lipinski definition) is 5. The molecule has 0 saturated heterocycles. The molecule has 5 nitrogen and oxygen atoms in total. The van der Waals surface area contributed by atoms with E-state index in [4.69, 9.17) is 5.84 Å². The van der Waals surface area contributed by atoms with Gasteiger partial charge >= 0.3 is 0 Å². The van der Waals surface area contributed by atoms with Crippen molar-refractivity contribution in [2.45, 2.75) is 39.7 Å². The molecule has 1 aromatic heterocycles. The molecule has 0 spiro atoms. The topological polar surface area (TPSA) is 80.0 Å². The predicted octanol–water partition coefficient (Wildman–Crippen LogP) is 2.36. The molecule has 112 valence electrons. The molecule has 20 heavy (non-hydrogen) atoms. The van der Waals surface area contributed by atoms with E-state index in [1.54, 1.807) is 6.07 Å². The van der Waals surface area contributed by atoms with E-state index in [1.165, 1.54) is 0 Å². The van der Waals surface area contributed by atoms with E-state index in [-0.39, 0.29) is 17.9 Å². The third kappa shape index (κ3) is 5.02. The summed E-state index contributed by atoms with van der Waals surface area (Å²) in [7, 11) is 0. The van der Waals surface area contributed by atoms with Crippen molar-refractivity contribution in [2.75, 3.05) is 16.9 Å². The van der Waals surface area contributed by atoms with Crippen molar-refractivity contribution in [1.29, 1.82) is 0 Å². The van der Waals surface area contributed by atoms with Crippen LogP contribution in [0, 0.1) is 0 Å². The van der Waals surface area contributed by atoms with Crippen LogP contribution in [0.25, 0.3) is 0 Å². The van der Waals surface area contributed by atoms with Gasteiger partial charge in [0, 0.05) is 23.1 Å². The number of hydrazine groups is 1. The highest BCUT2D eigenvalue weighted by molar-refractivity contribution is 7.99. The molecule has 1 aromatic rings. The van der Waals surface area contributed by atoms with E-state index in [9.17, 15) is 4.79 Å². The molecular formula is C14H24N4OS. The van der Waals surface area contributed by atoms with Gasteiger partial charge in [0.25, 0.3) is 5.91 Å². The minimum Gasteiger partial charge on any atom is -0.349 e. The zero-order valence-electron chi connectivity index (χ0n) is 12.6. The number of rotatable bonds is 7. The second-order valence-corrected chi connectivity index (χ2v) is 6.32. The van der Waals surface area contributed by atoms with Crippen LogP contribution in [0.5, 0.6) is 0 Å². The summed E-state index contributed by atoms with van der Waals surface area (Å²) >= 11 is 1.81. The second-order valence-electron chi connectivity index (χ2n) is 5.00. The Morgan fingerprint density at radius 3 is 2.65 bits per heavy atom. The molecule has 6 heteroatoms. The lowest BCUT2D eigenvalue weighted by atomic mass is 10.1. The van der Waals surface area contributed by atoms with Crippen molar-refractivity contribution >= 4 is 23.5 Å². The summed E-state index contributed by atoms with van der Waals surface area (Å²) < 4.78 is 0. The van der Waals surface area contributed by atoms with Crippen LogP contribution in [0.15, 0.2) is 12.1 Å². The molecule has 0 fully saturated rings. The third-order valence-electron chi connectivity index (χ3n) is 2.80. The Labute approximate surface area is 125 Å². The van der Waals surface area contributed by atoms with Gasteiger partial charge in [-0.3, -0.25) is 4.79 Å². The number of aromatic nitrogens is 1. The average molecular weight is 296 g/mol. The Bertz CT molecular complexity index is 451. The van der Waals surface area contributed by atoms with Crippen molar-refractivity contribution in [2.24, 2.45) is 5.84 Å². The number of carbonyl (C=O) groups excluding carboxylic acids is 1. The van der Waals surface area contributed by atoms with Crippen molar-refractivity contribution in [3.63, 3.8) is 0 Å². The molecule has 1 rings (SSSR count). The average Bonchev–Trinajstić information content (AvgIpc) is 2.44.